The second-order valence-corrected chi connectivity index (χ2v) is 9.63. The van der Waals surface area contributed by atoms with Gasteiger partial charge in [-0.3, -0.25) is 0 Å². The number of halogens is 1. The number of amides is 1. The smallest absolute Gasteiger partial charge is 0.408 e. The first-order chi connectivity index (χ1) is 15.6. The molecule has 1 heterocycles. The van der Waals surface area contributed by atoms with Gasteiger partial charge in [0.2, 0.25) is 0 Å². The Kier molecular flexibility index (Phi) is 7.81. The highest BCUT2D eigenvalue weighted by Crippen LogP contribution is 2.38. The highest BCUT2D eigenvalue weighted by Gasteiger charge is 2.39. The molecule has 0 bridgehead atoms. The van der Waals surface area contributed by atoms with Gasteiger partial charge in [0.15, 0.2) is 5.82 Å². The van der Waals surface area contributed by atoms with Crippen molar-refractivity contribution in [3.8, 4) is 11.4 Å². The molecule has 0 aliphatic rings. The summed E-state index contributed by atoms with van der Waals surface area (Å²) in [6.07, 6.45) is 2.56. The van der Waals surface area contributed by atoms with E-state index in [2.05, 4.69) is 31.2 Å². The first-order valence-corrected chi connectivity index (χ1v) is 11.2. The summed E-state index contributed by atoms with van der Waals surface area (Å²) in [6, 6.07) is 15.4. The number of nitrogens with zero attached hydrogens (tertiary/aromatic N) is 2. The van der Waals surface area contributed by atoms with Gasteiger partial charge in [-0.1, -0.05) is 75.4 Å². The molecule has 2 unspecified atom stereocenters. The SMILES string of the molecule is CC(C)(C)C(c1ccc(-c2ncc(Br)cn2)cc1)C(NC(=O)OCc1ccccc1)C(=O)O. The minimum atomic E-state index is -1.18. The van der Waals surface area contributed by atoms with Crippen LogP contribution in [-0.4, -0.2) is 33.2 Å². The molecule has 0 aliphatic carbocycles. The van der Waals surface area contributed by atoms with Crippen molar-refractivity contribution in [2.75, 3.05) is 0 Å². The van der Waals surface area contributed by atoms with E-state index in [-0.39, 0.29) is 6.61 Å². The molecule has 0 saturated carbocycles. The van der Waals surface area contributed by atoms with Crippen LogP contribution in [0.4, 0.5) is 4.79 Å². The van der Waals surface area contributed by atoms with Crippen LogP contribution in [0.3, 0.4) is 0 Å². The lowest BCUT2D eigenvalue weighted by Gasteiger charge is -2.35. The third-order valence-electron chi connectivity index (χ3n) is 5.17. The lowest BCUT2D eigenvalue weighted by molar-refractivity contribution is -0.140. The average Bonchev–Trinajstić information content (AvgIpc) is 2.78. The fraction of sp³-hybridized carbons (Fsp3) is 0.280. The summed E-state index contributed by atoms with van der Waals surface area (Å²) in [5, 5.41) is 12.5. The number of carbonyl (C=O) groups is 2. The van der Waals surface area contributed by atoms with Gasteiger partial charge in [-0.15, -0.1) is 0 Å². The summed E-state index contributed by atoms with van der Waals surface area (Å²) in [6.45, 7) is 5.88. The third-order valence-corrected chi connectivity index (χ3v) is 5.58. The van der Waals surface area contributed by atoms with Gasteiger partial charge in [-0.2, -0.15) is 0 Å². The molecule has 8 heteroatoms. The summed E-state index contributed by atoms with van der Waals surface area (Å²) in [5.74, 6) is -1.08. The molecule has 0 aliphatic heterocycles. The lowest BCUT2D eigenvalue weighted by Crippen LogP contribution is -2.48. The molecule has 0 saturated heterocycles. The molecule has 172 valence electrons. The molecule has 2 atom stereocenters. The van der Waals surface area contributed by atoms with Crippen LogP contribution in [0.5, 0.6) is 0 Å². The number of carbonyl (C=O) groups excluding carboxylic acids is 1. The fourth-order valence-electron chi connectivity index (χ4n) is 3.67. The average molecular weight is 512 g/mol. The van der Waals surface area contributed by atoms with E-state index >= 15 is 0 Å². The molecule has 1 amide bonds. The van der Waals surface area contributed by atoms with Gasteiger partial charge in [0.25, 0.3) is 0 Å². The molecule has 2 N–H and O–H groups in total. The van der Waals surface area contributed by atoms with Gasteiger partial charge in [0.05, 0.1) is 4.47 Å². The first kappa shape index (κ1) is 24.4. The summed E-state index contributed by atoms with van der Waals surface area (Å²) in [4.78, 5) is 33.2. The van der Waals surface area contributed by atoms with E-state index in [1.54, 1.807) is 12.4 Å². The third kappa shape index (κ3) is 6.61. The van der Waals surface area contributed by atoms with E-state index in [9.17, 15) is 14.7 Å². The molecule has 0 fully saturated rings. The Hall–Kier alpha value is -3.26. The molecule has 7 nitrogen and oxygen atoms in total. The summed E-state index contributed by atoms with van der Waals surface area (Å²) >= 11 is 3.32. The fourth-order valence-corrected chi connectivity index (χ4v) is 3.88. The molecule has 0 radical (unpaired) electrons. The maximum Gasteiger partial charge on any atom is 0.408 e. The van der Waals surface area contributed by atoms with Crippen LogP contribution in [0.15, 0.2) is 71.5 Å². The van der Waals surface area contributed by atoms with Crippen LogP contribution in [-0.2, 0) is 16.1 Å². The molecular weight excluding hydrogens is 486 g/mol. The minimum Gasteiger partial charge on any atom is -0.480 e. The van der Waals surface area contributed by atoms with Crippen molar-refractivity contribution >= 4 is 28.0 Å². The van der Waals surface area contributed by atoms with Crippen molar-refractivity contribution < 1.29 is 19.4 Å². The zero-order valence-corrected chi connectivity index (χ0v) is 20.2. The maximum absolute atomic E-state index is 12.4. The van der Waals surface area contributed by atoms with Gasteiger partial charge >= 0.3 is 12.1 Å². The normalized spacial score (nSPS) is 13.1. The lowest BCUT2D eigenvalue weighted by atomic mass is 9.72. The number of benzene rings is 2. The van der Waals surface area contributed by atoms with Crippen LogP contribution in [0.2, 0.25) is 0 Å². The Morgan fingerprint density at radius 2 is 1.64 bits per heavy atom. The number of hydrogen-bond donors (Lipinski definition) is 2. The number of hydrogen-bond acceptors (Lipinski definition) is 5. The number of aromatic nitrogens is 2. The van der Waals surface area contributed by atoms with Crippen LogP contribution in [0.25, 0.3) is 11.4 Å². The molecule has 3 aromatic rings. The zero-order valence-electron chi connectivity index (χ0n) is 18.7. The highest BCUT2D eigenvalue weighted by atomic mass is 79.9. The predicted octanol–water partition coefficient (Wildman–Crippen LogP) is 5.42. The Labute approximate surface area is 201 Å². The second kappa shape index (κ2) is 10.6. The summed E-state index contributed by atoms with van der Waals surface area (Å²) in [7, 11) is 0. The Morgan fingerprint density at radius 1 is 1.03 bits per heavy atom. The topological polar surface area (TPSA) is 101 Å². The van der Waals surface area contributed by atoms with Crippen LogP contribution >= 0.6 is 15.9 Å². The van der Waals surface area contributed by atoms with Crippen molar-refractivity contribution in [3.05, 3.63) is 82.6 Å². The molecule has 2 aromatic carbocycles. The first-order valence-electron chi connectivity index (χ1n) is 10.4. The van der Waals surface area contributed by atoms with Gasteiger partial charge in [-0.25, -0.2) is 19.6 Å². The number of ether oxygens (including phenoxy) is 1. The van der Waals surface area contributed by atoms with Crippen LogP contribution < -0.4 is 5.32 Å². The van der Waals surface area contributed by atoms with Crippen molar-refractivity contribution in [2.24, 2.45) is 5.41 Å². The number of alkyl carbamates (subject to hydrolysis) is 1. The number of carboxylic acid groups (broad SMARTS) is 1. The highest BCUT2D eigenvalue weighted by molar-refractivity contribution is 9.10. The Balaban J connectivity index is 1.80. The van der Waals surface area contributed by atoms with Crippen molar-refractivity contribution in [1.82, 2.24) is 15.3 Å². The molecule has 33 heavy (non-hydrogen) atoms. The van der Waals surface area contributed by atoms with E-state index in [1.165, 1.54) is 0 Å². The van der Waals surface area contributed by atoms with Crippen molar-refractivity contribution in [3.63, 3.8) is 0 Å². The number of aliphatic carboxylic acids is 1. The quantitative estimate of drug-likeness (QED) is 0.439. The standard InChI is InChI=1S/C25H26BrN3O4/c1-25(2,3)20(17-9-11-18(12-10-17)22-27-13-19(26)14-28-22)21(23(30)31)29-24(32)33-15-16-7-5-4-6-8-16/h4-14,20-21H,15H2,1-3H3,(H,29,32)(H,30,31). The number of rotatable bonds is 7. The molecular formula is C25H26BrN3O4. The molecule has 1 aromatic heterocycles. The summed E-state index contributed by atoms with van der Waals surface area (Å²) in [5.41, 5.74) is 1.93. The van der Waals surface area contributed by atoms with Crippen molar-refractivity contribution in [2.45, 2.75) is 39.3 Å². The molecule has 0 spiro atoms. The Morgan fingerprint density at radius 3 is 2.18 bits per heavy atom. The number of carboxylic acids is 1. The van der Waals surface area contributed by atoms with E-state index in [0.717, 1.165) is 21.2 Å². The van der Waals surface area contributed by atoms with E-state index in [1.807, 2.05) is 75.4 Å². The largest absolute Gasteiger partial charge is 0.480 e. The van der Waals surface area contributed by atoms with Crippen molar-refractivity contribution in [1.29, 1.82) is 0 Å². The van der Waals surface area contributed by atoms with Crippen LogP contribution in [0.1, 0.15) is 37.8 Å². The molecule has 3 rings (SSSR count). The van der Waals surface area contributed by atoms with E-state index < -0.39 is 29.4 Å². The number of nitrogens with one attached hydrogen (secondary N) is 1. The maximum atomic E-state index is 12.4. The monoisotopic (exact) mass is 511 g/mol. The Bertz CT molecular complexity index is 1080. The van der Waals surface area contributed by atoms with Gasteiger partial charge < -0.3 is 15.2 Å². The van der Waals surface area contributed by atoms with Gasteiger partial charge in [0, 0.05) is 23.9 Å². The van der Waals surface area contributed by atoms with Crippen LogP contribution in [0, 0.1) is 5.41 Å². The van der Waals surface area contributed by atoms with E-state index in [0.29, 0.717) is 5.82 Å². The predicted molar refractivity (Wildman–Crippen MR) is 129 cm³/mol. The minimum absolute atomic E-state index is 0.0566. The zero-order chi connectivity index (χ0) is 24.0. The second-order valence-electron chi connectivity index (χ2n) is 8.71. The summed E-state index contributed by atoms with van der Waals surface area (Å²) < 4.78 is 6.04. The van der Waals surface area contributed by atoms with E-state index in [4.69, 9.17) is 4.74 Å². The van der Waals surface area contributed by atoms with Gasteiger partial charge in [-0.05, 0) is 32.5 Å². The van der Waals surface area contributed by atoms with Gasteiger partial charge in [0.1, 0.15) is 12.6 Å².